The monoisotopic (exact) mass is 474 g/mol. The number of aromatic nitrogens is 1. The van der Waals surface area contributed by atoms with Crippen LogP contribution < -0.4 is 15.4 Å². The summed E-state index contributed by atoms with van der Waals surface area (Å²) in [6.45, 7) is 5.73. The quantitative estimate of drug-likeness (QED) is 0.563. The molecule has 5 rings (SSSR count). The average Bonchev–Trinajstić information content (AvgIpc) is 3.30. The SMILES string of the molecule is CCN1C(=O)CCc2cc(OC)c(CCN3CCC(n4ccc5ccc(C(N)=O)cc54)CC3)cc21. The predicted molar refractivity (Wildman–Crippen MR) is 138 cm³/mol. The number of primary amides is 1. The molecule has 184 valence electrons. The maximum atomic E-state index is 12.4. The fraction of sp³-hybridized carbons (Fsp3) is 0.429. The van der Waals surface area contributed by atoms with Crippen molar-refractivity contribution in [3.05, 3.63) is 59.3 Å². The number of ether oxygens (including phenoxy) is 1. The molecule has 2 aliphatic rings. The van der Waals surface area contributed by atoms with Crippen molar-refractivity contribution in [2.75, 3.05) is 38.2 Å². The second-order valence-corrected chi connectivity index (χ2v) is 9.61. The van der Waals surface area contributed by atoms with Gasteiger partial charge in [-0.3, -0.25) is 9.59 Å². The van der Waals surface area contributed by atoms with Gasteiger partial charge >= 0.3 is 0 Å². The first-order chi connectivity index (χ1) is 17.0. The number of amides is 2. The first kappa shape index (κ1) is 23.4. The highest BCUT2D eigenvalue weighted by Gasteiger charge is 2.26. The third-order valence-corrected chi connectivity index (χ3v) is 7.65. The number of carbonyl (C=O) groups excluding carboxylic acids is 2. The number of piperidine rings is 1. The molecule has 2 aliphatic heterocycles. The van der Waals surface area contributed by atoms with E-state index in [1.165, 1.54) is 5.56 Å². The molecule has 7 heteroatoms. The summed E-state index contributed by atoms with van der Waals surface area (Å²) in [6, 6.07) is 12.5. The van der Waals surface area contributed by atoms with E-state index in [4.69, 9.17) is 10.5 Å². The molecular formula is C28H34N4O3. The minimum absolute atomic E-state index is 0.207. The molecule has 3 heterocycles. The lowest BCUT2D eigenvalue weighted by atomic mass is 9.96. The van der Waals surface area contributed by atoms with Crippen molar-refractivity contribution < 1.29 is 14.3 Å². The van der Waals surface area contributed by atoms with Crippen molar-refractivity contribution in [3.63, 3.8) is 0 Å². The van der Waals surface area contributed by atoms with E-state index >= 15 is 0 Å². The number of benzene rings is 2. The summed E-state index contributed by atoms with van der Waals surface area (Å²) in [6.07, 6.45) is 6.49. The Bertz CT molecular complexity index is 1260. The van der Waals surface area contributed by atoms with E-state index in [-0.39, 0.29) is 5.91 Å². The summed E-state index contributed by atoms with van der Waals surface area (Å²) in [5, 5.41) is 1.14. The van der Waals surface area contributed by atoms with Crippen LogP contribution in [0.25, 0.3) is 10.9 Å². The first-order valence-electron chi connectivity index (χ1n) is 12.6. The highest BCUT2D eigenvalue weighted by molar-refractivity contribution is 5.97. The first-order valence-corrected chi connectivity index (χ1v) is 12.6. The van der Waals surface area contributed by atoms with Crippen molar-refractivity contribution in [3.8, 4) is 5.75 Å². The van der Waals surface area contributed by atoms with Gasteiger partial charge in [-0.1, -0.05) is 6.07 Å². The number of nitrogens with zero attached hydrogens (tertiary/aromatic N) is 3. The molecule has 0 spiro atoms. The number of methoxy groups -OCH3 is 1. The second kappa shape index (κ2) is 9.74. The summed E-state index contributed by atoms with van der Waals surface area (Å²) in [7, 11) is 1.73. The van der Waals surface area contributed by atoms with Gasteiger partial charge in [0.25, 0.3) is 0 Å². The van der Waals surface area contributed by atoms with Crippen molar-refractivity contribution in [1.29, 1.82) is 0 Å². The fourth-order valence-electron chi connectivity index (χ4n) is 5.67. The van der Waals surface area contributed by atoms with Crippen molar-refractivity contribution >= 4 is 28.4 Å². The number of carbonyl (C=O) groups is 2. The number of fused-ring (bicyclic) bond motifs is 2. The van der Waals surface area contributed by atoms with Gasteiger partial charge in [0.2, 0.25) is 11.8 Å². The topological polar surface area (TPSA) is 80.8 Å². The highest BCUT2D eigenvalue weighted by atomic mass is 16.5. The molecule has 0 atom stereocenters. The van der Waals surface area contributed by atoms with Gasteiger partial charge in [-0.05, 0) is 79.5 Å². The van der Waals surface area contributed by atoms with Crippen LogP contribution in [-0.2, 0) is 17.6 Å². The molecule has 2 aromatic carbocycles. The van der Waals surface area contributed by atoms with Gasteiger partial charge in [0, 0.05) is 61.6 Å². The maximum Gasteiger partial charge on any atom is 0.248 e. The number of likely N-dealkylation sites (tertiary alicyclic amines) is 1. The summed E-state index contributed by atoms with van der Waals surface area (Å²) in [5.41, 5.74) is 10.5. The molecule has 0 bridgehead atoms. The van der Waals surface area contributed by atoms with Crippen LogP contribution in [0.2, 0.25) is 0 Å². The molecule has 0 unspecified atom stereocenters. The minimum Gasteiger partial charge on any atom is -0.496 e. The number of hydrogen-bond donors (Lipinski definition) is 1. The lowest BCUT2D eigenvalue weighted by Crippen LogP contribution is -2.36. The lowest BCUT2D eigenvalue weighted by molar-refractivity contribution is -0.118. The van der Waals surface area contributed by atoms with Crippen LogP contribution in [0.1, 0.15) is 53.7 Å². The second-order valence-electron chi connectivity index (χ2n) is 9.61. The van der Waals surface area contributed by atoms with Crippen LogP contribution in [0.5, 0.6) is 5.75 Å². The molecule has 2 N–H and O–H groups in total. The molecule has 2 amide bonds. The van der Waals surface area contributed by atoms with E-state index in [0.717, 1.165) is 73.2 Å². The Kier molecular flexibility index (Phi) is 6.52. The molecule has 0 aliphatic carbocycles. The summed E-state index contributed by atoms with van der Waals surface area (Å²) in [4.78, 5) is 28.4. The molecule has 0 saturated carbocycles. The molecule has 3 aromatic rings. The third kappa shape index (κ3) is 4.52. The number of anilines is 1. The smallest absolute Gasteiger partial charge is 0.248 e. The van der Waals surface area contributed by atoms with Gasteiger partial charge in [-0.2, -0.15) is 0 Å². The van der Waals surface area contributed by atoms with Gasteiger partial charge in [0.1, 0.15) is 5.75 Å². The Morgan fingerprint density at radius 1 is 1.11 bits per heavy atom. The highest BCUT2D eigenvalue weighted by Crippen LogP contribution is 2.35. The molecule has 0 radical (unpaired) electrons. The zero-order chi connectivity index (χ0) is 24.5. The zero-order valence-corrected chi connectivity index (χ0v) is 20.6. The van der Waals surface area contributed by atoms with Gasteiger partial charge < -0.3 is 24.8 Å². The number of rotatable bonds is 7. The van der Waals surface area contributed by atoms with Crippen LogP contribution in [0.15, 0.2) is 42.6 Å². The van der Waals surface area contributed by atoms with E-state index in [2.05, 4.69) is 33.9 Å². The average molecular weight is 475 g/mol. The summed E-state index contributed by atoms with van der Waals surface area (Å²) >= 11 is 0. The third-order valence-electron chi connectivity index (χ3n) is 7.65. The molecule has 7 nitrogen and oxygen atoms in total. The zero-order valence-electron chi connectivity index (χ0n) is 20.6. The normalized spacial score (nSPS) is 17.1. The van der Waals surface area contributed by atoms with Crippen molar-refractivity contribution in [2.45, 2.75) is 45.1 Å². The molecule has 35 heavy (non-hydrogen) atoms. The molecule has 1 fully saturated rings. The van der Waals surface area contributed by atoms with E-state index in [1.54, 1.807) is 13.2 Å². The van der Waals surface area contributed by atoms with Crippen molar-refractivity contribution in [2.24, 2.45) is 5.73 Å². The number of aryl methyl sites for hydroxylation is 1. The lowest BCUT2D eigenvalue weighted by Gasteiger charge is -2.33. The van der Waals surface area contributed by atoms with E-state index in [0.29, 0.717) is 24.6 Å². The van der Waals surface area contributed by atoms with E-state index < -0.39 is 5.91 Å². The maximum absolute atomic E-state index is 12.4. The summed E-state index contributed by atoms with van der Waals surface area (Å²) in [5.74, 6) is 0.741. The van der Waals surface area contributed by atoms with E-state index in [1.807, 2.05) is 24.0 Å². The van der Waals surface area contributed by atoms with Crippen molar-refractivity contribution in [1.82, 2.24) is 9.47 Å². The van der Waals surface area contributed by atoms with Crippen LogP contribution in [0, 0.1) is 0 Å². The Morgan fingerprint density at radius 2 is 1.91 bits per heavy atom. The number of nitrogens with two attached hydrogens (primary N) is 1. The Hall–Kier alpha value is -3.32. The Balaban J connectivity index is 1.25. The molecular weight excluding hydrogens is 440 g/mol. The summed E-state index contributed by atoms with van der Waals surface area (Å²) < 4.78 is 8.03. The Morgan fingerprint density at radius 3 is 2.63 bits per heavy atom. The Labute approximate surface area is 206 Å². The van der Waals surface area contributed by atoms with Gasteiger partial charge in [0.05, 0.1) is 7.11 Å². The van der Waals surface area contributed by atoms with Crippen LogP contribution in [-0.4, -0.2) is 54.6 Å². The van der Waals surface area contributed by atoms with Crippen LogP contribution in [0.4, 0.5) is 5.69 Å². The number of hydrogen-bond acceptors (Lipinski definition) is 4. The predicted octanol–water partition coefficient (Wildman–Crippen LogP) is 3.93. The van der Waals surface area contributed by atoms with Gasteiger partial charge in [-0.15, -0.1) is 0 Å². The molecule has 1 saturated heterocycles. The largest absolute Gasteiger partial charge is 0.496 e. The van der Waals surface area contributed by atoms with Gasteiger partial charge in [0.15, 0.2) is 0 Å². The standard InChI is InChI=1S/C28H34N4O3/c1-3-31-25-16-21(26(35-2)18-20(25)6-7-27(31)33)8-12-30-13-10-23(11-14-30)32-15-9-19-4-5-22(28(29)34)17-24(19)32/h4-5,9,15-18,23H,3,6-8,10-14H2,1-2H3,(H2,29,34). The van der Waals surface area contributed by atoms with Crippen LogP contribution in [0.3, 0.4) is 0 Å². The molecule has 1 aromatic heterocycles. The fourth-order valence-corrected chi connectivity index (χ4v) is 5.67. The minimum atomic E-state index is -0.390. The van der Waals surface area contributed by atoms with Gasteiger partial charge in [-0.25, -0.2) is 0 Å². The van der Waals surface area contributed by atoms with Crippen LogP contribution >= 0.6 is 0 Å². The van der Waals surface area contributed by atoms with E-state index in [9.17, 15) is 9.59 Å².